The molecular weight excluding hydrogens is 841 g/mol. The average molecular weight is 962 g/mol. The Kier molecular flexibility index (Phi) is 56.6. The van der Waals surface area contributed by atoms with E-state index in [9.17, 15) is 14.4 Å². The van der Waals surface area contributed by atoms with E-state index in [1.54, 1.807) is 0 Å². The summed E-state index contributed by atoms with van der Waals surface area (Å²) in [5, 5.41) is 0. The highest BCUT2D eigenvalue weighted by molar-refractivity contribution is 5.71. The highest BCUT2D eigenvalue weighted by atomic mass is 16.6. The molecule has 68 heavy (non-hydrogen) atoms. The van der Waals surface area contributed by atoms with Crippen LogP contribution >= 0.6 is 0 Å². The predicted octanol–water partition coefficient (Wildman–Crippen LogP) is 20.7. The molecule has 0 aliphatic rings. The molecular formula is C62H120O6. The predicted molar refractivity (Wildman–Crippen MR) is 294 cm³/mol. The molecule has 0 rings (SSSR count). The Labute approximate surface area is 425 Å². The second-order valence-electron chi connectivity index (χ2n) is 21.3. The van der Waals surface area contributed by atoms with Gasteiger partial charge in [-0.25, -0.2) is 0 Å². The third kappa shape index (κ3) is 55.3. The van der Waals surface area contributed by atoms with Gasteiger partial charge in [0.2, 0.25) is 0 Å². The Morgan fingerprint density at radius 2 is 0.397 bits per heavy atom. The van der Waals surface area contributed by atoms with Crippen molar-refractivity contribution in [2.24, 2.45) is 0 Å². The molecule has 0 fully saturated rings. The highest BCUT2D eigenvalue weighted by Crippen LogP contribution is 2.18. The monoisotopic (exact) mass is 961 g/mol. The number of esters is 3. The van der Waals surface area contributed by atoms with Crippen LogP contribution in [0.15, 0.2) is 0 Å². The Hall–Kier alpha value is -1.59. The molecule has 0 unspecified atom stereocenters. The van der Waals surface area contributed by atoms with E-state index in [2.05, 4.69) is 20.8 Å². The van der Waals surface area contributed by atoms with E-state index in [0.29, 0.717) is 19.3 Å². The van der Waals surface area contributed by atoms with Crippen molar-refractivity contribution in [3.8, 4) is 0 Å². The normalized spacial score (nSPS) is 11.9. The molecule has 404 valence electrons. The van der Waals surface area contributed by atoms with Crippen molar-refractivity contribution in [2.75, 3.05) is 13.2 Å². The zero-order valence-electron chi connectivity index (χ0n) is 46.4. The van der Waals surface area contributed by atoms with E-state index in [1.165, 1.54) is 263 Å². The minimum atomic E-state index is -0.762. The summed E-state index contributed by atoms with van der Waals surface area (Å²) >= 11 is 0. The summed E-state index contributed by atoms with van der Waals surface area (Å²) in [7, 11) is 0. The van der Waals surface area contributed by atoms with Crippen LogP contribution in [0.1, 0.15) is 361 Å². The number of carbonyl (C=O) groups excluding carboxylic acids is 3. The minimum absolute atomic E-state index is 0.0606. The van der Waals surface area contributed by atoms with Gasteiger partial charge in [0.1, 0.15) is 13.2 Å². The summed E-state index contributed by atoms with van der Waals surface area (Å²) in [5.74, 6) is -0.826. The highest BCUT2D eigenvalue weighted by Gasteiger charge is 2.19. The number of ether oxygens (including phenoxy) is 3. The Morgan fingerprint density at radius 3 is 0.588 bits per heavy atom. The Bertz CT molecular complexity index is 1010. The standard InChI is InChI=1S/C62H120O6/c1-4-7-10-13-16-19-22-25-28-30-32-34-37-40-43-46-49-52-55-61(64)67-58-59(57-66-60(63)54-51-48-45-42-39-36-33-27-24-21-18-15-12-9-6-3)68-62(65)56-53-50-47-44-41-38-35-31-29-26-23-20-17-14-11-8-5-2/h59H,4-58H2,1-3H3/t59-/m0/s1. The summed E-state index contributed by atoms with van der Waals surface area (Å²) in [4.78, 5) is 38.2. The minimum Gasteiger partial charge on any atom is -0.462 e. The van der Waals surface area contributed by atoms with Crippen LogP contribution in [-0.2, 0) is 28.6 Å². The summed E-state index contributed by atoms with van der Waals surface area (Å²) in [6.07, 6.45) is 65.3. The van der Waals surface area contributed by atoms with E-state index in [1.807, 2.05) is 0 Å². The number of rotatable bonds is 58. The summed E-state index contributed by atoms with van der Waals surface area (Å²) < 4.78 is 16.9. The first-order valence-corrected chi connectivity index (χ1v) is 31.0. The molecule has 0 aromatic rings. The van der Waals surface area contributed by atoms with E-state index < -0.39 is 6.10 Å². The van der Waals surface area contributed by atoms with Gasteiger partial charge in [0.15, 0.2) is 6.10 Å². The third-order valence-electron chi connectivity index (χ3n) is 14.4. The van der Waals surface area contributed by atoms with Gasteiger partial charge in [-0.15, -0.1) is 0 Å². The van der Waals surface area contributed by atoms with E-state index in [0.717, 1.165) is 57.8 Å². The molecule has 0 saturated heterocycles. The maximum atomic E-state index is 12.9. The van der Waals surface area contributed by atoms with Gasteiger partial charge in [-0.2, -0.15) is 0 Å². The second-order valence-corrected chi connectivity index (χ2v) is 21.3. The van der Waals surface area contributed by atoms with E-state index in [4.69, 9.17) is 14.2 Å². The zero-order valence-corrected chi connectivity index (χ0v) is 46.4. The van der Waals surface area contributed by atoms with Crippen LogP contribution in [0.5, 0.6) is 0 Å². The smallest absolute Gasteiger partial charge is 0.306 e. The van der Waals surface area contributed by atoms with Gasteiger partial charge in [-0.3, -0.25) is 14.4 Å². The van der Waals surface area contributed by atoms with Crippen LogP contribution in [0.3, 0.4) is 0 Å². The lowest BCUT2D eigenvalue weighted by molar-refractivity contribution is -0.167. The van der Waals surface area contributed by atoms with Gasteiger partial charge in [0, 0.05) is 19.3 Å². The van der Waals surface area contributed by atoms with Crippen molar-refractivity contribution in [1.29, 1.82) is 0 Å². The first kappa shape index (κ1) is 66.4. The first-order chi connectivity index (χ1) is 33.5. The van der Waals surface area contributed by atoms with Gasteiger partial charge in [-0.05, 0) is 19.3 Å². The molecule has 0 heterocycles. The van der Waals surface area contributed by atoms with Crippen LogP contribution in [0, 0.1) is 0 Å². The van der Waals surface area contributed by atoms with E-state index >= 15 is 0 Å². The van der Waals surface area contributed by atoms with E-state index in [-0.39, 0.29) is 31.1 Å². The zero-order chi connectivity index (χ0) is 49.3. The largest absolute Gasteiger partial charge is 0.462 e. The molecule has 0 aromatic carbocycles. The molecule has 0 N–H and O–H groups in total. The number of hydrogen-bond acceptors (Lipinski definition) is 6. The topological polar surface area (TPSA) is 78.9 Å². The Morgan fingerprint density at radius 1 is 0.235 bits per heavy atom. The second kappa shape index (κ2) is 58.0. The molecule has 0 spiro atoms. The SMILES string of the molecule is CCCCCCCCCCCCCCCCCCCCC(=O)OC[C@H](COC(=O)CCCCCCCCCCCCCCCCC)OC(=O)CCCCCCCCCCCCCCCCCCC. The van der Waals surface area contributed by atoms with Gasteiger partial charge in [0.25, 0.3) is 0 Å². The molecule has 0 aliphatic carbocycles. The summed E-state index contributed by atoms with van der Waals surface area (Å²) in [6, 6.07) is 0. The maximum Gasteiger partial charge on any atom is 0.306 e. The van der Waals surface area contributed by atoms with Gasteiger partial charge in [0.05, 0.1) is 0 Å². The summed E-state index contributed by atoms with van der Waals surface area (Å²) in [6.45, 7) is 6.73. The molecule has 6 heteroatoms. The average Bonchev–Trinajstić information content (AvgIpc) is 3.34. The lowest BCUT2D eigenvalue weighted by atomic mass is 10.0. The van der Waals surface area contributed by atoms with Crippen LogP contribution in [-0.4, -0.2) is 37.2 Å². The number of carbonyl (C=O) groups is 3. The molecule has 6 nitrogen and oxygen atoms in total. The first-order valence-electron chi connectivity index (χ1n) is 31.0. The van der Waals surface area contributed by atoms with Crippen molar-refractivity contribution < 1.29 is 28.6 Å². The molecule has 0 aromatic heterocycles. The van der Waals surface area contributed by atoms with Crippen molar-refractivity contribution in [3.05, 3.63) is 0 Å². The molecule has 0 saturated carbocycles. The molecule has 0 radical (unpaired) electrons. The van der Waals surface area contributed by atoms with Crippen LogP contribution in [0.25, 0.3) is 0 Å². The van der Waals surface area contributed by atoms with Crippen molar-refractivity contribution in [3.63, 3.8) is 0 Å². The fourth-order valence-corrected chi connectivity index (χ4v) is 9.68. The van der Waals surface area contributed by atoms with Crippen molar-refractivity contribution >= 4 is 17.9 Å². The van der Waals surface area contributed by atoms with Gasteiger partial charge < -0.3 is 14.2 Å². The quantitative estimate of drug-likeness (QED) is 0.0343. The molecule has 0 aliphatic heterocycles. The number of unbranched alkanes of at least 4 members (excludes halogenated alkanes) is 47. The maximum absolute atomic E-state index is 12.9. The van der Waals surface area contributed by atoms with Gasteiger partial charge >= 0.3 is 17.9 Å². The van der Waals surface area contributed by atoms with Crippen LogP contribution < -0.4 is 0 Å². The summed E-state index contributed by atoms with van der Waals surface area (Å²) in [5.41, 5.74) is 0. The molecule has 0 amide bonds. The fourth-order valence-electron chi connectivity index (χ4n) is 9.68. The molecule has 0 bridgehead atoms. The van der Waals surface area contributed by atoms with Crippen molar-refractivity contribution in [2.45, 2.75) is 367 Å². The van der Waals surface area contributed by atoms with Gasteiger partial charge in [-0.1, -0.05) is 323 Å². The van der Waals surface area contributed by atoms with Crippen LogP contribution in [0.2, 0.25) is 0 Å². The lowest BCUT2D eigenvalue weighted by Gasteiger charge is -2.18. The third-order valence-corrected chi connectivity index (χ3v) is 14.4. The fraction of sp³-hybridized carbons (Fsp3) is 0.952. The van der Waals surface area contributed by atoms with Crippen molar-refractivity contribution in [1.82, 2.24) is 0 Å². The van der Waals surface area contributed by atoms with Crippen LogP contribution in [0.4, 0.5) is 0 Å². The lowest BCUT2D eigenvalue weighted by Crippen LogP contribution is -2.30. The number of hydrogen-bond donors (Lipinski definition) is 0. The molecule has 1 atom stereocenters. The Balaban J connectivity index is 4.28.